The Labute approximate surface area is 108 Å². The van der Waals surface area contributed by atoms with Crippen LogP contribution in [-0.2, 0) is 19.5 Å². The van der Waals surface area contributed by atoms with Gasteiger partial charge < -0.3 is 15.2 Å². The standard InChI is InChI=1S/C12H22N6/c1-3-17(4-2)12(13)14-9-11-16-15-10-7-5-6-8-18(10)11/h3-9H2,1-2H3,(H2,13,14). The number of aryl methyl sites for hydroxylation is 1. The van der Waals surface area contributed by atoms with Crippen LogP contribution in [0.1, 0.15) is 38.3 Å². The molecule has 0 aromatic carbocycles. The highest BCUT2D eigenvalue weighted by Crippen LogP contribution is 2.14. The van der Waals surface area contributed by atoms with E-state index in [0.29, 0.717) is 12.5 Å². The van der Waals surface area contributed by atoms with Crippen LogP contribution in [0.15, 0.2) is 4.99 Å². The van der Waals surface area contributed by atoms with E-state index in [1.54, 1.807) is 0 Å². The summed E-state index contributed by atoms with van der Waals surface area (Å²) in [6, 6.07) is 0. The third kappa shape index (κ3) is 2.63. The smallest absolute Gasteiger partial charge is 0.191 e. The van der Waals surface area contributed by atoms with Crippen molar-refractivity contribution >= 4 is 5.96 Å². The average Bonchev–Trinajstić information content (AvgIpc) is 2.81. The summed E-state index contributed by atoms with van der Waals surface area (Å²) in [5.74, 6) is 2.61. The van der Waals surface area contributed by atoms with Gasteiger partial charge in [-0.05, 0) is 26.7 Å². The zero-order chi connectivity index (χ0) is 13.0. The number of hydrogen-bond donors (Lipinski definition) is 1. The summed E-state index contributed by atoms with van der Waals surface area (Å²) in [5.41, 5.74) is 5.95. The van der Waals surface area contributed by atoms with Gasteiger partial charge in [-0.25, -0.2) is 4.99 Å². The summed E-state index contributed by atoms with van der Waals surface area (Å²) < 4.78 is 2.18. The highest BCUT2D eigenvalue weighted by Gasteiger charge is 2.15. The molecule has 0 radical (unpaired) electrons. The Morgan fingerprint density at radius 3 is 2.83 bits per heavy atom. The molecule has 2 rings (SSSR count). The lowest BCUT2D eigenvalue weighted by atomic mass is 10.2. The molecule has 0 amide bonds. The first-order chi connectivity index (χ1) is 8.76. The highest BCUT2D eigenvalue weighted by molar-refractivity contribution is 5.77. The van der Waals surface area contributed by atoms with Crippen LogP contribution in [0.4, 0.5) is 0 Å². The molecule has 1 aromatic heterocycles. The molecule has 1 aliphatic rings. The zero-order valence-corrected chi connectivity index (χ0v) is 11.3. The minimum atomic E-state index is 0.523. The molecule has 0 spiro atoms. The van der Waals surface area contributed by atoms with Crippen molar-refractivity contribution in [2.24, 2.45) is 10.7 Å². The molecule has 2 N–H and O–H groups in total. The van der Waals surface area contributed by atoms with Crippen LogP contribution in [0.5, 0.6) is 0 Å². The van der Waals surface area contributed by atoms with E-state index >= 15 is 0 Å². The number of fused-ring (bicyclic) bond motifs is 1. The fourth-order valence-electron chi connectivity index (χ4n) is 2.28. The van der Waals surface area contributed by atoms with Crippen molar-refractivity contribution in [1.29, 1.82) is 0 Å². The first-order valence-corrected chi connectivity index (χ1v) is 6.72. The van der Waals surface area contributed by atoms with E-state index in [-0.39, 0.29) is 0 Å². The van der Waals surface area contributed by atoms with Crippen molar-refractivity contribution in [3.63, 3.8) is 0 Å². The van der Waals surface area contributed by atoms with Crippen LogP contribution in [0.3, 0.4) is 0 Å². The van der Waals surface area contributed by atoms with E-state index in [2.05, 4.69) is 33.6 Å². The summed E-state index contributed by atoms with van der Waals surface area (Å²) in [5, 5.41) is 8.42. The maximum atomic E-state index is 5.95. The van der Waals surface area contributed by atoms with Crippen LogP contribution < -0.4 is 5.73 Å². The van der Waals surface area contributed by atoms with E-state index in [0.717, 1.165) is 37.7 Å². The number of rotatable bonds is 4. The van der Waals surface area contributed by atoms with E-state index in [1.165, 1.54) is 12.8 Å². The van der Waals surface area contributed by atoms with Gasteiger partial charge in [0.05, 0.1) is 0 Å². The van der Waals surface area contributed by atoms with Gasteiger partial charge in [-0.2, -0.15) is 0 Å². The molecule has 0 saturated carbocycles. The molecule has 1 aliphatic heterocycles. The molecule has 6 heteroatoms. The van der Waals surface area contributed by atoms with Crippen LogP contribution in [-0.4, -0.2) is 38.7 Å². The summed E-state index contributed by atoms with van der Waals surface area (Å²) in [6.45, 7) is 7.44. The lowest BCUT2D eigenvalue weighted by Crippen LogP contribution is -2.37. The molecule has 100 valence electrons. The molecule has 0 unspecified atom stereocenters. The van der Waals surface area contributed by atoms with Gasteiger partial charge in [-0.3, -0.25) is 0 Å². The van der Waals surface area contributed by atoms with Crippen LogP contribution in [0.2, 0.25) is 0 Å². The molecule has 2 heterocycles. The van der Waals surface area contributed by atoms with E-state index in [9.17, 15) is 0 Å². The molecule has 0 atom stereocenters. The number of nitrogens with zero attached hydrogens (tertiary/aromatic N) is 5. The first-order valence-electron chi connectivity index (χ1n) is 6.72. The normalized spacial score (nSPS) is 15.6. The van der Waals surface area contributed by atoms with Crippen molar-refractivity contribution in [1.82, 2.24) is 19.7 Å². The Kier molecular flexibility index (Phi) is 4.17. The average molecular weight is 250 g/mol. The first kappa shape index (κ1) is 12.9. The number of aliphatic imine (C=N–C) groups is 1. The third-order valence-corrected chi connectivity index (χ3v) is 3.41. The number of hydrogen-bond acceptors (Lipinski definition) is 3. The fourth-order valence-corrected chi connectivity index (χ4v) is 2.28. The molecule has 0 bridgehead atoms. The minimum absolute atomic E-state index is 0.523. The molecule has 1 aromatic rings. The number of guanidine groups is 1. The largest absolute Gasteiger partial charge is 0.370 e. The second kappa shape index (κ2) is 5.84. The Bertz CT molecular complexity index is 418. The summed E-state index contributed by atoms with van der Waals surface area (Å²) >= 11 is 0. The third-order valence-electron chi connectivity index (χ3n) is 3.41. The van der Waals surface area contributed by atoms with E-state index in [4.69, 9.17) is 5.73 Å². The second-order valence-corrected chi connectivity index (χ2v) is 4.49. The predicted molar refractivity (Wildman–Crippen MR) is 71.2 cm³/mol. The molecule has 0 fully saturated rings. The van der Waals surface area contributed by atoms with Crippen molar-refractivity contribution in [3.8, 4) is 0 Å². The molecule has 18 heavy (non-hydrogen) atoms. The van der Waals surface area contributed by atoms with Crippen LogP contribution >= 0.6 is 0 Å². The zero-order valence-electron chi connectivity index (χ0n) is 11.3. The number of aromatic nitrogens is 3. The van der Waals surface area contributed by atoms with E-state index < -0.39 is 0 Å². The summed E-state index contributed by atoms with van der Waals surface area (Å²) in [6.07, 6.45) is 3.44. The van der Waals surface area contributed by atoms with Gasteiger partial charge in [0.15, 0.2) is 11.8 Å². The lowest BCUT2D eigenvalue weighted by Gasteiger charge is -2.19. The Hall–Kier alpha value is -1.59. The van der Waals surface area contributed by atoms with Gasteiger partial charge in [0.2, 0.25) is 0 Å². The van der Waals surface area contributed by atoms with E-state index in [1.807, 2.05) is 4.90 Å². The van der Waals surface area contributed by atoms with Crippen molar-refractivity contribution < 1.29 is 0 Å². The van der Waals surface area contributed by atoms with Crippen LogP contribution in [0.25, 0.3) is 0 Å². The highest BCUT2D eigenvalue weighted by atomic mass is 15.3. The topological polar surface area (TPSA) is 72.3 Å². The lowest BCUT2D eigenvalue weighted by molar-refractivity contribution is 0.456. The fraction of sp³-hybridized carbons (Fsp3) is 0.750. The molecule has 6 nitrogen and oxygen atoms in total. The van der Waals surface area contributed by atoms with Crippen molar-refractivity contribution in [2.45, 2.75) is 46.2 Å². The monoisotopic (exact) mass is 250 g/mol. The van der Waals surface area contributed by atoms with Crippen molar-refractivity contribution in [3.05, 3.63) is 11.6 Å². The second-order valence-electron chi connectivity index (χ2n) is 4.49. The summed E-state index contributed by atoms with van der Waals surface area (Å²) in [4.78, 5) is 6.45. The van der Waals surface area contributed by atoms with Gasteiger partial charge in [0, 0.05) is 26.1 Å². The van der Waals surface area contributed by atoms with Crippen molar-refractivity contribution in [2.75, 3.05) is 13.1 Å². The van der Waals surface area contributed by atoms with Gasteiger partial charge in [-0.15, -0.1) is 10.2 Å². The quantitative estimate of drug-likeness (QED) is 0.633. The maximum Gasteiger partial charge on any atom is 0.191 e. The molecular formula is C12H22N6. The SMILES string of the molecule is CCN(CC)C(N)=NCc1nnc2n1CCCC2. The van der Waals surface area contributed by atoms with Gasteiger partial charge in [0.25, 0.3) is 0 Å². The molecule has 0 saturated heterocycles. The number of nitrogens with two attached hydrogens (primary N) is 1. The van der Waals surface area contributed by atoms with Gasteiger partial charge in [-0.1, -0.05) is 0 Å². The molecular weight excluding hydrogens is 228 g/mol. The summed E-state index contributed by atoms with van der Waals surface area (Å²) in [7, 11) is 0. The van der Waals surface area contributed by atoms with Gasteiger partial charge in [0.1, 0.15) is 12.4 Å². The minimum Gasteiger partial charge on any atom is -0.370 e. The Balaban J connectivity index is 2.05. The van der Waals surface area contributed by atoms with Gasteiger partial charge >= 0.3 is 0 Å². The Morgan fingerprint density at radius 1 is 1.33 bits per heavy atom. The van der Waals surface area contributed by atoms with Crippen LogP contribution in [0, 0.1) is 0 Å². The molecule has 0 aliphatic carbocycles. The Morgan fingerprint density at radius 2 is 2.11 bits per heavy atom. The maximum absolute atomic E-state index is 5.95. The predicted octanol–water partition coefficient (Wildman–Crippen LogP) is 0.771.